The molecule has 6 aromatic rings. The molecule has 3 aromatic carbocycles. The molecule has 0 amide bonds. The molecule has 3 aromatic heterocycles. The molecule has 0 spiro atoms. The summed E-state index contributed by atoms with van der Waals surface area (Å²) in [5.41, 5.74) is 4.39. The topological polar surface area (TPSA) is 38.9 Å². The minimum absolute atomic E-state index is 0. The first kappa shape index (κ1) is 29.0. The Bertz CT molecular complexity index is 1830. The Hall–Kier alpha value is -3.51. The Morgan fingerprint density at radius 2 is 1.73 bits per heavy atom. The maximum Gasteiger partial charge on any atom is 0.126 e. The zero-order valence-corrected chi connectivity index (χ0v) is 26.9. The normalized spacial score (nSPS) is 11.9. The molecule has 3 heterocycles. The van der Waals surface area contributed by atoms with Crippen molar-refractivity contribution in [3.63, 3.8) is 0 Å². The van der Waals surface area contributed by atoms with Crippen LogP contribution >= 0.6 is 0 Å². The molecule has 0 atom stereocenters. The van der Waals surface area contributed by atoms with E-state index >= 15 is 0 Å². The van der Waals surface area contributed by atoms with Gasteiger partial charge in [0.1, 0.15) is 11.4 Å². The molecule has 0 aliphatic carbocycles. The fourth-order valence-electron chi connectivity index (χ4n) is 4.37. The van der Waals surface area contributed by atoms with Gasteiger partial charge in [-0.25, -0.2) is 4.39 Å². The first-order valence-electron chi connectivity index (χ1n) is 13.5. The van der Waals surface area contributed by atoms with E-state index in [-0.39, 0.29) is 36.7 Å². The number of furan rings is 1. The Labute approximate surface area is 255 Å². The van der Waals surface area contributed by atoms with Gasteiger partial charge in [-0.05, 0) is 46.1 Å². The molecule has 0 bridgehead atoms. The van der Waals surface area contributed by atoms with Crippen LogP contribution in [-0.2, 0) is 20.1 Å². The van der Waals surface area contributed by atoms with Crippen LogP contribution < -0.4 is 5.19 Å². The summed E-state index contributed by atoms with van der Waals surface area (Å²) >= 11 is 0. The molecule has 1 radical (unpaired) electrons. The Balaban J connectivity index is 0.000000207. The summed E-state index contributed by atoms with van der Waals surface area (Å²) in [6.07, 6.45) is 3.62. The van der Waals surface area contributed by atoms with Gasteiger partial charge in [0.05, 0.1) is 13.7 Å². The van der Waals surface area contributed by atoms with E-state index in [0.717, 1.165) is 16.8 Å². The number of nitrogens with zero attached hydrogens (tertiary/aromatic N) is 2. The number of halogens is 2. The fourth-order valence-corrected chi connectivity index (χ4v) is 5.41. The predicted molar refractivity (Wildman–Crippen MR) is 161 cm³/mol. The molecular formula is C34H30F2IrN2OSi-2. The van der Waals surface area contributed by atoms with E-state index in [4.69, 9.17) is 5.79 Å². The second kappa shape index (κ2) is 12.6. The molecule has 0 saturated heterocycles. The third-order valence-corrected chi connectivity index (χ3v) is 8.70. The molecule has 0 fully saturated rings. The molecule has 6 rings (SSSR count). The molecule has 7 heteroatoms. The summed E-state index contributed by atoms with van der Waals surface area (Å²) in [6, 6.07) is 27.1. The molecule has 0 aliphatic heterocycles. The zero-order chi connectivity index (χ0) is 29.4. The molecule has 211 valence electrons. The molecule has 0 saturated carbocycles. The van der Waals surface area contributed by atoms with Crippen LogP contribution in [0, 0.1) is 23.8 Å². The van der Waals surface area contributed by atoms with Gasteiger partial charge in [-0.3, -0.25) is 4.39 Å². The average molecular weight is 742 g/mol. The third kappa shape index (κ3) is 6.70. The van der Waals surface area contributed by atoms with Crippen LogP contribution in [0.25, 0.3) is 44.5 Å². The first-order valence-corrected chi connectivity index (χ1v) is 16.5. The Kier molecular flexibility index (Phi) is 8.88. The monoisotopic (exact) mass is 742 g/mol. The minimum atomic E-state index is -1.23. The van der Waals surface area contributed by atoms with Crippen molar-refractivity contribution in [1.82, 2.24) is 9.97 Å². The number of hydrogen-bond donors (Lipinski definition) is 0. The van der Waals surface area contributed by atoms with Crippen molar-refractivity contribution in [3.8, 4) is 22.5 Å². The number of fused-ring (bicyclic) bond motifs is 3. The Morgan fingerprint density at radius 3 is 2.39 bits per heavy atom. The standard InChI is InChI=1S/C20H14F2NO.C14H16NSi.Ir/c1-11(2)12-7-8-23-17(9-12)14-5-6-16(22)19-15-4-3-13(21)10-18(15)24-20(14)19;1-16(2,3)13-9-10-14(15-11-13)12-7-5-4-6-8-12;/h3-4,6-11H,1-2H3;4-7,9-11H,1-3H3;/q2*-1;/i11D;;. The van der Waals surface area contributed by atoms with Crippen LogP contribution in [0.15, 0.2) is 89.6 Å². The second-order valence-corrected chi connectivity index (χ2v) is 15.9. The quantitative estimate of drug-likeness (QED) is 0.134. The van der Waals surface area contributed by atoms with Crippen molar-refractivity contribution in [2.75, 3.05) is 0 Å². The van der Waals surface area contributed by atoms with Gasteiger partial charge in [-0.15, -0.1) is 48.0 Å². The van der Waals surface area contributed by atoms with Gasteiger partial charge in [-0.1, -0.05) is 62.8 Å². The van der Waals surface area contributed by atoms with Gasteiger partial charge in [-0.2, -0.15) is 0 Å². The second-order valence-electron chi connectivity index (χ2n) is 10.8. The summed E-state index contributed by atoms with van der Waals surface area (Å²) in [4.78, 5) is 8.84. The molecule has 41 heavy (non-hydrogen) atoms. The van der Waals surface area contributed by atoms with Crippen molar-refractivity contribution in [2.24, 2.45) is 0 Å². The van der Waals surface area contributed by atoms with Crippen LogP contribution in [-0.4, -0.2) is 18.0 Å². The van der Waals surface area contributed by atoms with Crippen LogP contribution in [0.3, 0.4) is 0 Å². The van der Waals surface area contributed by atoms with Gasteiger partial charge in [0.25, 0.3) is 0 Å². The molecule has 0 unspecified atom stereocenters. The molecule has 0 N–H and O–H groups in total. The molecule has 3 nitrogen and oxygen atoms in total. The van der Waals surface area contributed by atoms with Crippen molar-refractivity contribution in [3.05, 3.63) is 115 Å². The third-order valence-electron chi connectivity index (χ3n) is 6.67. The summed E-state index contributed by atoms with van der Waals surface area (Å²) in [5.74, 6) is -1.73. The number of rotatable bonds is 4. The van der Waals surface area contributed by atoms with E-state index in [9.17, 15) is 8.78 Å². The number of hydrogen-bond acceptors (Lipinski definition) is 3. The largest absolute Gasteiger partial charge is 0.500 e. The maximum atomic E-state index is 14.4. The molecule has 0 aliphatic rings. The van der Waals surface area contributed by atoms with E-state index in [0.29, 0.717) is 16.6 Å². The van der Waals surface area contributed by atoms with E-state index in [2.05, 4.69) is 53.9 Å². The minimum Gasteiger partial charge on any atom is -0.500 e. The van der Waals surface area contributed by atoms with Crippen molar-refractivity contribution < 1.29 is 34.7 Å². The van der Waals surface area contributed by atoms with E-state index in [1.165, 1.54) is 29.5 Å². The van der Waals surface area contributed by atoms with Crippen LogP contribution in [0.5, 0.6) is 0 Å². The SMILES string of the molecule is C[Si](C)(C)c1ccc(-c2[c-]cccc2)nc1.[2H]C(C)(C)c1ccnc(-c2[c-]cc(F)c3c2oc2cc(F)ccc23)c1.[Ir]. The first-order chi connectivity index (χ1) is 19.4. The Morgan fingerprint density at radius 1 is 0.927 bits per heavy atom. The fraction of sp³-hybridized carbons (Fsp3) is 0.176. The number of pyridine rings is 2. The van der Waals surface area contributed by atoms with Gasteiger partial charge in [0, 0.05) is 51.1 Å². The van der Waals surface area contributed by atoms with Gasteiger partial charge < -0.3 is 14.4 Å². The summed E-state index contributed by atoms with van der Waals surface area (Å²) < 4.78 is 41.8. The van der Waals surface area contributed by atoms with E-state index < -0.39 is 25.6 Å². The average Bonchev–Trinajstić information content (AvgIpc) is 3.32. The number of aromatic nitrogens is 2. The van der Waals surface area contributed by atoms with Crippen molar-refractivity contribution in [1.29, 1.82) is 0 Å². The van der Waals surface area contributed by atoms with Crippen LogP contribution in [0.2, 0.25) is 19.6 Å². The zero-order valence-electron chi connectivity index (χ0n) is 24.5. The molecular weight excluding hydrogens is 711 g/mol. The van der Waals surface area contributed by atoms with Crippen molar-refractivity contribution >= 4 is 35.2 Å². The van der Waals surface area contributed by atoms with Gasteiger partial charge in [0.15, 0.2) is 0 Å². The summed E-state index contributed by atoms with van der Waals surface area (Å²) in [6.45, 7) is 10.6. The van der Waals surface area contributed by atoms with E-state index in [1.54, 1.807) is 32.2 Å². The van der Waals surface area contributed by atoms with E-state index in [1.807, 2.05) is 30.5 Å². The summed E-state index contributed by atoms with van der Waals surface area (Å²) in [7, 11) is -1.23. The maximum absolute atomic E-state index is 14.4. The van der Waals surface area contributed by atoms with Crippen LogP contribution in [0.4, 0.5) is 8.78 Å². The van der Waals surface area contributed by atoms with Crippen LogP contribution in [0.1, 0.15) is 26.7 Å². The van der Waals surface area contributed by atoms with Crippen molar-refractivity contribution in [2.45, 2.75) is 39.4 Å². The van der Waals surface area contributed by atoms with Gasteiger partial charge >= 0.3 is 0 Å². The van der Waals surface area contributed by atoms with Gasteiger partial charge in [0.2, 0.25) is 0 Å². The smallest absolute Gasteiger partial charge is 0.126 e. The number of benzene rings is 3. The summed E-state index contributed by atoms with van der Waals surface area (Å²) in [5, 5.41) is 2.18. The predicted octanol–water partition coefficient (Wildman–Crippen LogP) is 8.94.